The summed E-state index contributed by atoms with van der Waals surface area (Å²) in [6.45, 7) is 8.05. The van der Waals surface area contributed by atoms with Crippen molar-refractivity contribution >= 4 is 15.5 Å². The summed E-state index contributed by atoms with van der Waals surface area (Å²) in [5.74, 6) is 0. The van der Waals surface area contributed by atoms with E-state index in [1.54, 1.807) is 13.8 Å². The molecule has 0 aromatic heterocycles. The Labute approximate surface area is 146 Å². The second kappa shape index (κ2) is 6.77. The Kier molecular flexibility index (Phi) is 5.42. The van der Waals surface area contributed by atoms with Crippen molar-refractivity contribution in [2.75, 3.05) is 31.1 Å². The Bertz CT molecular complexity index is 697. The summed E-state index contributed by atoms with van der Waals surface area (Å²) in [4.78, 5) is 3.39. The predicted octanol–water partition coefficient (Wildman–Crippen LogP) is 2.26. The first kappa shape index (κ1) is 20.0. The topological polar surface area (TPSA) is 60.9 Å². The van der Waals surface area contributed by atoms with Gasteiger partial charge in [-0.3, -0.25) is 4.90 Å². The molecule has 0 spiro atoms. The highest BCUT2D eigenvalue weighted by atomic mass is 32.2. The van der Waals surface area contributed by atoms with Crippen LogP contribution in [0.15, 0.2) is 29.2 Å². The molecule has 5 nitrogen and oxygen atoms in total. The molecule has 142 valence electrons. The highest BCUT2D eigenvalue weighted by Gasteiger charge is 2.46. The zero-order chi connectivity index (χ0) is 19.0. The third kappa shape index (κ3) is 4.65. The van der Waals surface area contributed by atoms with Crippen LogP contribution in [0.25, 0.3) is 0 Å². The van der Waals surface area contributed by atoms with Gasteiger partial charge in [0.1, 0.15) is 0 Å². The fourth-order valence-corrected chi connectivity index (χ4v) is 3.82. The summed E-state index contributed by atoms with van der Waals surface area (Å²) in [7, 11) is -5.32. The number of benzene rings is 1. The molecule has 2 rings (SSSR count). The monoisotopic (exact) mass is 380 g/mol. The molecule has 0 radical (unpaired) electrons. The molecular weight excluding hydrogens is 357 g/mol. The van der Waals surface area contributed by atoms with Crippen molar-refractivity contribution in [3.05, 3.63) is 24.3 Å². The Morgan fingerprint density at radius 3 is 2.16 bits per heavy atom. The molecule has 0 saturated carbocycles. The van der Waals surface area contributed by atoms with E-state index in [9.17, 15) is 26.7 Å². The molecule has 1 heterocycles. The van der Waals surface area contributed by atoms with Gasteiger partial charge in [-0.05, 0) is 45.0 Å². The minimum atomic E-state index is -5.32. The Morgan fingerprint density at radius 2 is 1.72 bits per heavy atom. The van der Waals surface area contributed by atoms with E-state index in [2.05, 4.69) is 4.90 Å². The zero-order valence-electron chi connectivity index (χ0n) is 14.4. The van der Waals surface area contributed by atoms with Crippen molar-refractivity contribution in [1.82, 2.24) is 4.90 Å². The van der Waals surface area contributed by atoms with Gasteiger partial charge in [0.2, 0.25) is 0 Å². The number of hydrogen-bond donors (Lipinski definition) is 1. The number of alkyl halides is 3. The molecule has 0 aliphatic carbocycles. The smallest absolute Gasteiger partial charge is 0.389 e. The second-order valence-corrected chi connectivity index (χ2v) is 8.97. The van der Waals surface area contributed by atoms with Gasteiger partial charge in [0, 0.05) is 37.9 Å². The second-order valence-electron chi connectivity index (χ2n) is 7.03. The lowest BCUT2D eigenvalue weighted by Gasteiger charge is -2.42. The standard InChI is InChI=1S/C16H23F3N2O3S/c1-12-10-20(11-15(2,3)22)8-9-21(12)13-4-6-14(7-5-13)25(23,24)16(17,18)19/h4-7,12,22H,8-11H2,1-3H3. The number of aliphatic hydroxyl groups is 1. The molecule has 1 atom stereocenters. The van der Waals surface area contributed by atoms with Crippen molar-refractivity contribution in [2.45, 2.75) is 42.8 Å². The van der Waals surface area contributed by atoms with Crippen LogP contribution in [0.1, 0.15) is 20.8 Å². The van der Waals surface area contributed by atoms with Gasteiger partial charge in [0.15, 0.2) is 0 Å². The van der Waals surface area contributed by atoms with Crippen LogP contribution < -0.4 is 4.90 Å². The summed E-state index contributed by atoms with van der Waals surface area (Å²) in [6.07, 6.45) is 0. The third-order valence-corrected chi connectivity index (χ3v) is 5.61. The molecule has 0 bridgehead atoms. The number of β-amino-alcohol motifs (C(OH)–C–C–N with tert-alkyl or cyclic N) is 1. The molecule has 1 saturated heterocycles. The number of halogens is 3. The van der Waals surface area contributed by atoms with Crippen molar-refractivity contribution in [3.8, 4) is 0 Å². The molecule has 1 N–H and O–H groups in total. The van der Waals surface area contributed by atoms with E-state index in [1.165, 1.54) is 12.1 Å². The largest absolute Gasteiger partial charge is 0.501 e. The van der Waals surface area contributed by atoms with Gasteiger partial charge < -0.3 is 10.0 Å². The summed E-state index contributed by atoms with van der Waals surface area (Å²) in [5, 5.41) is 9.91. The van der Waals surface area contributed by atoms with E-state index in [0.29, 0.717) is 31.9 Å². The lowest BCUT2D eigenvalue weighted by atomic mass is 10.1. The van der Waals surface area contributed by atoms with Gasteiger partial charge in [-0.25, -0.2) is 8.42 Å². The molecule has 0 amide bonds. The van der Waals surface area contributed by atoms with Crippen molar-refractivity contribution in [2.24, 2.45) is 0 Å². The Balaban J connectivity index is 2.11. The number of sulfone groups is 1. The quantitative estimate of drug-likeness (QED) is 0.868. The molecule has 25 heavy (non-hydrogen) atoms. The van der Waals surface area contributed by atoms with Crippen LogP contribution in [-0.4, -0.2) is 61.8 Å². The maximum Gasteiger partial charge on any atom is 0.501 e. The summed E-state index contributed by atoms with van der Waals surface area (Å²) in [5.41, 5.74) is -5.42. The van der Waals surface area contributed by atoms with Crippen LogP contribution in [-0.2, 0) is 9.84 Å². The van der Waals surface area contributed by atoms with Gasteiger partial charge >= 0.3 is 5.51 Å². The number of hydrogen-bond acceptors (Lipinski definition) is 5. The highest BCUT2D eigenvalue weighted by molar-refractivity contribution is 7.92. The van der Waals surface area contributed by atoms with Gasteiger partial charge in [0.25, 0.3) is 9.84 Å². The van der Waals surface area contributed by atoms with E-state index in [0.717, 1.165) is 12.1 Å². The molecule has 9 heteroatoms. The Morgan fingerprint density at radius 1 is 1.16 bits per heavy atom. The maximum absolute atomic E-state index is 12.6. The first-order valence-corrected chi connectivity index (χ1v) is 9.42. The summed E-state index contributed by atoms with van der Waals surface area (Å²) in [6, 6.07) is 4.88. The van der Waals surface area contributed by atoms with Crippen LogP contribution in [0.2, 0.25) is 0 Å². The van der Waals surface area contributed by atoms with Gasteiger partial charge in [0.05, 0.1) is 10.5 Å². The molecule has 1 aromatic carbocycles. The SMILES string of the molecule is CC1CN(CC(C)(C)O)CCN1c1ccc(S(=O)(=O)C(F)(F)F)cc1. The fourth-order valence-electron chi connectivity index (χ4n) is 3.06. The van der Waals surface area contributed by atoms with Crippen LogP contribution in [0.4, 0.5) is 18.9 Å². The number of rotatable bonds is 4. The lowest BCUT2D eigenvalue weighted by molar-refractivity contribution is -0.0436. The number of piperazine rings is 1. The third-order valence-electron chi connectivity index (χ3n) is 4.11. The van der Waals surface area contributed by atoms with Crippen LogP contribution in [0.3, 0.4) is 0 Å². The van der Waals surface area contributed by atoms with Crippen LogP contribution >= 0.6 is 0 Å². The van der Waals surface area contributed by atoms with E-state index in [1.807, 2.05) is 11.8 Å². The maximum atomic E-state index is 12.6. The zero-order valence-corrected chi connectivity index (χ0v) is 15.2. The summed E-state index contributed by atoms with van der Waals surface area (Å²) >= 11 is 0. The molecule has 1 aliphatic rings. The minimum absolute atomic E-state index is 0.0844. The molecular formula is C16H23F3N2O3S. The van der Waals surface area contributed by atoms with Crippen molar-refractivity contribution in [1.29, 1.82) is 0 Å². The van der Waals surface area contributed by atoms with Crippen molar-refractivity contribution < 1.29 is 26.7 Å². The normalized spacial score (nSPS) is 20.8. The minimum Gasteiger partial charge on any atom is -0.389 e. The lowest BCUT2D eigenvalue weighted by Crippen LogP contribution is -2.54. The average Bonchev–Trinajstić information content (AvgIpc) is 2.44. The van der Waals surface area contributed by atoms with E-state index >= 15 is 0 Å². The molecule has 1 unspecified atom stereocenters. The Hall–Kier alpha value is -1.32. The molecule has 1 fully saturated rings. The first-order chi connectivity index (χ1) is 11.3. The predicted molar refractivity (Wildman–Crippen MR) is 89.2 cm³/mol. The van der Waals surface area contributed by atoms with Gasteiger partial charge in [-0.15, -0.1) is 0 Å². The highest BCUT2D eigenvalue weighted by Crippen LogP contribution is 2.31. The van der Waals surface area contributed by atoms with Crippen LogP contribution in [0, 0.1) is 0 Å². The number of nitrogens with zero attached hydrogens (tertiary/aromatic N) is 2. The van der Waals surface area contributed by atoms with E-state index in [4.69, 9.17) is 0 Å². The van der Waals surface area contributed by atoms with Gasteiger partial charge in [-0.1, -0.05) is 0 Å². The molecule has 1 aromatic rings. The summed E-state index contributed by atoms with van der Waals surface area (Å²) < 4.78 is 60.6. The fraction of sp³-hybridized carbons (Fsp3) is 0.625. The molecule has 1 aliphatic heterocycles. The van der Waals surface area contributed by atoms with E-state index < -0.39 is 25.8 Å². The van der Waals surface area contributed by atoms with E-state index in [-0.39, 0.29) is 6.04 Å². The average molecular weight is 380 g/mol. The first-order valence-electron chi connectivity index (χ1n) is 7.94. The van der Waals surface area contributed by atoms with Gasteiger partial charge in [-0.2, -0.15) is 13.2 Å². The van der Waals surface area contributed by atoms with Crippen LogP contribution in [0.5, 0.6) is 0 Å². The number of anilines is 1. The van der Waals surface area contributed by atoms with Crippen molar-refractivity contribution in [3.63, 3.8) is 0 Å².